The minimum atomic E-state index is -0.130. The van der Waals surface area contributed by atoms with Crippen LogP contribution in [0.5, 0.6) is 5.75 Å². The highest BCUT2D eigenvalue weighted by Gasteiger charge is 2.09. The highest BCUT2D eigenvalue weighted by atomic mass is 35.5. The maximum absolute atomic E-state index is 12.1. The van der Waals surface area contributed by atoms with Crippen LogP contribution >= 0.6 is 12.4 Å². The molecule has 2 rings (SSSR count). The van der Waals surface area contributed by atoms with E-state index in [2.05, 4.69) is 5.32 Å². The van der Waals surface area contributed by atoms with E-state index in [1.807, 2.05) is 45.0 Å². The smallest absolute Gasteiger partial charge is 0.251 e. The average Bonchev–Trinajstić information content (AvgIpc) is 2.48. The Labute approximate surface area is 143 Å². The van der Waals surface area contributed by atoms with Crippen molar-refractivity contribution in [3.63, 3.8) is 0 Å². The predicted octanol–water partition coefficient (Wildman–Crippen LogP) is 3.42. The Morgan fingerprint density at radius 1 is 1.09 bits per heavy atom. The molecule has 1 amide bonds. The fourth-order valence-electron chi connectivity index (χ4n) is 2.32. The lowest BCUT2D eigenvalue weighted by molar-refractivity contribution is 0.0946. The summed E-state index contributed by atoms with van der Waals surface area (Å²) in [6.07, 6.45) is 0. The number of ether oxygens (including phenoxy) is 1. The number of halogens is 1. The lowest BCUT2D eigenvalue weighted by atomic mass is 10.1. The molecule has 2 aromatic carbocycles. The summed E-state index contributed by atoms with van der Waals surface area (Å²) in [6.45, 7) is 6.79. The van der Waals surface area contributed by atoms with E-state index in [4.69, 9.17) is 10.5 Å². The zero-order chi connectivity index (χ0) is 16.1. The molecule has 23 heavy (non-hydrogen) atoms. The number of para-hydroxylation sites is 1. The Kier molecular flexibility index (Phi) is 6.91. The first kappa shape index (κ1) is 18.8. The van der Waals surface area contributed by atoms with Gasteiger partial charge in [0.2, 0.25) is 0 Å². The summed E-state index contributed by atoms with van der Waals surface area (Å²) in [7, 11) is 0. The van der Waals surface area contributed by atoms with Gasteiger partial charge in [-0.3, -0.25) is 4.79 Å². The number of aryl methyl sites for hydroxylation is 3. The zero-order valence-electron chi connectivity index (χ0n) is 13.7. The molecule has 0 aliphatic rings. The summed E-state index contributed by atoms with van der Waals surface area (Å²) in [6, 6.07) is 11.3. The highest BCUT2D eigenvalue weighted by Crippen LogP contribution is 2.21. The Balaban J connectivity index is 0.00000264. The van der Waals surface area contributed by atoms with Gasteiger partial charge in [0, 0.05) is 11.3 Å². The molecule has 4 nitrogen and oxygen atoms in total. The van der Waals surface area contributed by atoms with E-state index < -0.39 is 0 Å². The van der Waals surface area contributed by atoms with Crippen molar-refractivity contribution in [1.82, 2.24) is 5.32 Å². The van der Waals surface area contributed by atoms with E-state index in [0.717, 1.165) is 22.4 Å². The van der Waals surface area contributed by atoms with Crippen LogP contribution in [0.15, 0.2) is 36.4 Å². The number of hydrogen-bond donors (Lipinski definition) is 2. The zero-order valence-corrected chi connectivity index (χ0v) is 14.5. The fourth-order valence-corrected chi connectivity index (χ4v) is 2.32. The number of anilines is 1. The summed E-state index contributed by atoms with van der Waals surface area (Å²) >= 11 is 0. The van der Waals surface area contributed by atoms with Crippen molar-refractivity contribution in [1.29, 1.82) is 0 Å². The molecule has 0 bridgehead atoms. The molecule has 0 aliphatic carbocycles. The standard InChI is InChI=1S/C18H22N2O2.ClH/c1-12-7-8-15(19)11-16(12)18(21)20-9-10-22-17-13(2)5-4-6-14(17)3;/h4-8,11H,9-10,19H2,1-3H3,(H,20,21);1H. The molecule has 0 aromatic heterocycles. The van der Waals surface area contributed by atoms with Crippen LogP contribution in [0.25, 0.3) is 0 Å². The quantitative estimate of drug-likeness (QED) is 0.650. The largest absolute Gasteiger partial charge is 0.491 e. The van der Waals surface area contributed by atoms with Gasteiger partial charge >= 0.3 is 0 Å². The lowest BCUT2D eigenvalue weighted by Gasteiger charge is -2.13. The molecule has 124 valence electrons. The summed E-state index contributed by atoms with van der Waals surface area (Å²) in [5, 5.41) is 2.86. The molecule has 0 spiro atoms. The summed E-state index contributed by atoms with van der Waals surface area (Å²) in [5.41, 5.74) is 10.0. The van der Waals surface area contributed by atoms with E-state index in [1.165, 1.54) is 0 Å². The van der Waals surface area contributed by atoms with E-state index in [1.54, 1.807) is 12.1 Å². The second-order valence-corrected chi connectivity index (χ2v) is 5.40. The van der Waals surface area contributed by atoms with Gasteiger partial charge in [-0.1, -0.05) is 24.3 Å². The van der Waals surface area contributed by atoms with Crippen LogP contribution in [0, 0.1) is 20.8 Å². The molecular formula is C18H23ClN2O2. The Morgan fingerprint density at radius 3 is 2.39 bits per heavy atom. The molecular weight excluding hydrogens is 312 g/mol. The monoisotopic (exact) mass is 334 g/mol. The second-order valence-electron chi connectivity index (χ2n) is 5.40. The Hall–Kier alpha value is -2.20. The number of nitrogens with one attached hydrogen (secondary N) is 1. The van der Waals surface area contributed by atoms with Gasteiger partial charge in [-0.05, 0) is 49.6 Å². The van der Waals surface area contributed by atoms with Crippen LogP contribution < -0.4 is 15.8 Å². The minimum Gasteiger partial charge on any atom is -0.491 e. The summed E-state index contributed by atoms with van der Waals surface area (Å²) in [4.78, 5) is 12.1. The SMILES string of the molecule is Cc1ccc(N)cc1C(=O)NCCOc1c(C)cccc1C.Cl. The number of carbonyl (C=O) groups is 1. The van der Waals surface area contributed by atoms with Gasteiger partial charge in [-0.15, -0.1) is 12.4 Å². The number of benzene rings is 2. The molecule has 0 unspecified atom stereocenters. The van der Waals surface area contributed by atoms with Gasteiger partial charge in [0.1, 0.15) is 12.4 Å². The molecule has 0 heterocycles. The van der Waals surface area contributed by atoms with Crippen molar-refractivity contribution >= 4 is 24.0 Å². The summed E-state index contributed by atoms with van der Waals surface area (Å²) < 4.78 is 5.77. The summed E-state index contributed by atoms with van der Waals surface area (Å²) in [5.74, 6) is 0.756. The third kappa shape index (κ3) is 4.89. The number of carbonyl (C=O) groups excluding carboxylic acids is 1. The van der Waals surface area contributed by atoms with Crippen molar-refractivity contribution in [3.05, 3.63) is 58.7 Å². The van der Waals surface area contributed by atoms with Crippen LogP contribution in [0.4, 0.5) is 5.69 Å². The maximum Gasteiger partial charge on any atom is 0.251 e. The van der Waals surface area contributed by atoms with E-state index >= 15 is 0 Å². The third-order valence-electron chi connectivity index (χ3n) is 3.55. The normalized spacial score (nSPS) is 9.87. The van der Waals surface area contributed by atoms with Crippen LogP contribution in [-0.4, -0.2) is 19.1 Å². The average molecular weight is 335 g/mol. The number of amides is 1. The van der Waals surface area contributed by atoms with Gasteiger partial charge < -0.3 is 15.8 Å². The third-order valence-corrected chi connectivity index (χ3v) is 3.55. The van der Waals surface area contributed by atoms with Crippen molar-refractivity contribution in [3.8, 4) is 5.75 Å². The maximum atomic E-state index is 12.1. The molecule has 2 aromatic rings. The van der Waals surface area contributed by atoms with Crippen molar-refractivity contribution < 1.29 is 9.53 Å². The van der Waals surface area contributed by atoms with Crippen molar-refractivity contribution in [2.75, 3.05) is 18.9 Å². The molecule has 0 saturated carbocycles. The first-order valence-electron chi connectivity index (χ1n) is 7.32. The Bertz CT molecular complexity index is 666. The van der Waals surface area contributed by atoms with Gasteiger partial charge in [0.25, 0.3) is 5.91 Å². The highest BCUT2D eigenvalue weighted by molar-refractivity contribution is 5.96. The Morgan fingerprint density at radius 2 is 1.74 bits per heavy atom. The topological polar surface area (TPSA) is 64.4 Å². The van der Waals surface area contributed by atoms with Crippen LogP contribution in [-0.2, 0) is 0 Å². The van der Waals surface area contributed by atoms with E-state index in [0.29, 0.717) is 24.4 Å². The second kappa shape index (κ2) is 8.44. The molecule has 0 saturated heterocycles. The van der Waals surface area contributed by atoms with Crippen LogP contribution in [0.3, 0.4) is 0 Å². The number of rotatable bonds is 5. The number of nitrogen functional groups attached to an aromatic ring is 1. The fraction of sp³-hybridized carbons (Fsp3) is 0.278. The molecule has 0 aliphatic heterocycles. The van der Waals surface area contributed by atoms with Gasteiger partial charge in [-0.25, -0.2) is 0 Å². The van der Waals surface area contributed by atoms with Gasteiger partial charge in [0.15, 0.2) is 0 Å². The van der Waals surface area contributed by atoms with E-state index in [9.17, 15) is 4.79 Å². The number of hydrogen-bond acceptors (Lipinski definition) is 3. The molecule has 5 heteroatoms. The molecule has 0 atom stereocenters. The molecule has 3 N–H and O–H groups in total. The first-order chi connectivity index (χ1) is 10.5. The van der Waals surface area contributed by atoms with Gasteiger partial charge in [0.05, 0.1) is 6.54 Å². The van der Waals surface area contributed by atoms with Crippen LogP contribution in [0.1, 0.15) is 27.0 Å². The van der Waals surface area contributed by atoms with E-state index in [-0.39, 0.29) is 18.3 Å². The van der Waals surface area contributed by atoms with Crippen molar-refractivity contribution in [2.45, 2.75) is 20.8 Å². The minimum absolute atomic E-state index is 0. The molecule has 0 radical (unpaired) electrons. The molecule has 0 fully saturated rings. The van der Waals surface area contributed by atoms with Gasteiger partial charge in [-0.2, -0.15) is 0 Å². The number of nitrogens with two attached hydrogens (primary N) is 1. The lowest BCUT2D eigenvalue weighted by Crippen LogP contribution is -2.28. The first-order valence-corrected chi connectivity index (χ1v) is 7.32. The van der Waals surface area contributed by atoms with Crippen molar-refractivity contribution in [2.24, 2.45) is 0 Å². The predicted molar refractivity (Wildman–Crippen MR) is 96.6 cm³/mol. The van der Waals surface area contributed by atoms with Crippen LogP contribution in [0.2, 0.25) is 0 Å².